The lowest BCUT2D eigenvalue weighted by atomic mass is 10.1. The number of para-hydroxylation sites is 3. The van der Waals surface area contributed by atoms with Gasteiger partial charge in [-0.25, -0.2) is 4.98 Å². The van der Waals surface area contributed by atoms with Crippen LogP contribution >= 0.6 is 11.8 Å². The van der Waals surface area contributed by atoms with Crippen LogP contribution in [0.25, 0.3) is 11.0 Å². The minimum absolute atomic E-state index is 0.101. The van der Waals surface area contributed by atoms with Gasteiger partial charge in [0.25, 0.3) is 5.91 Å². The molecular formula is C22H25N3O3S. The van der Waals surface area contributed by atoms with Gasteiger partial charge in [-0.2, -0.15) is 0 Å². The summed E-state index contributed by atoms with van der Waals surface area (Å²) in [6.45, 7) is 6.47. The average Bonchev–Trinajstić information content (AvgIpc) is 3.06. The molecule has 1 N–H and O–H groups in total. The van der Waals surface area contributed by atoms with Crippen molar-refractivity contribution in [1.82, 2.24) is 9.55 Å². The molecule has 3 aromatic rings. The molecule has 0 radical (unpaired) electrons. The summed E-state index contributed by atoms with van der Waals surface area (Å²) < 4.78 is 7.25. The molecule has 0 bridgehead atoms. The maximum Gasteiger partial charge on any atom is 0.316 e. The largest absolute Gasteiger partial charge is 0.455 e. The quantitative estimate of drug-likeness (QED) is 0.441. The zero-order valence-corrected chi connectivity index (χ0v) is 17.7. The number of carbonyl (C=O) groups is 2. The van der Waals surface area contributed by atoms with Crippen molar-refractivity contribution in [2.75, 3.05) is 17.7 Å². The number of hydrogen-bond acceptors (Lipinski definition) is 5. The van der Waals surface area contributed by atoms with Crippen LogP contribution in [0.5, 0.6) is 0 Å². The number of amides is 1. The van der Waals surface area contributed by atoms with Crippen LogP contribution in [0, 0.1) is 13.8 Å². The number of aryl methyl sites for hydroxylation is 3. The number of nitrogens with one attached hydrogen (secondary N) is 1. The van der Waals surface area contributed by atoms with Gasteiger partial charge in [-0.15, -0.1) is 0 Å². The Morgan fingerprint density at radius 2 is 1.83 bits per heavy atom. The Bertz CT molecular complexity index is 1010. The standard InChI is InChI=1S/C22H25N3O3S/c1-4-12-25-18-11-6-5-10-17(18)23-22(25)29-14-20(27)28-13-19(26)24-21-15(2)8-7-9-16(21)3/h5-11H,4,12-14H2,1-3H3,(H,24,26). The highest BCUT2D eigenvalue weighted by molar-refractivity contribution is 7.99. The third-order valence-electron chi connectivity index (χ3n) is 4.50. The maximum absolute atomic E-state index is 12.1. The number of benzene rings is 2. The van der Waals surface area contributed by atoms with E-state index in [1.54, 1.807) is 0 Å². The molecule has 1 heterocycles. The Labute approximate surface area is 174 Å². The van der Waals surface area contributed by atoms with E-state index in [0.29, 0.717) is 0 Å². The van der Waals surface area contributed by atoms with Crippen molar-refractivity contribution in [2.24, 2.45) is 0 Å². The molecule has 3 rings (SSSR count). The van der Waals surface area contributed by atoms with Crippen LogP contribution in [-0.2, 0) is 20.9 Å². The summed E-state index contributed by atoms with van der Waals surface area (Å²) in [6.07, 6.45) is 0.969. The maximum atomic E-state index is 12.1. The van der Waals surface area contributed by atoms with Gasteiger partial charge >= 0.3 is 5.97 Å². The normalized spacial score (nSPS) is 10.9. The third-order valence-corrected chi connectivity index (χ3v) is 5.45. The van der Waals surface area contributed by atoms with E-state index in [2.05, 4.69) is 21.8 Å². The molecule has 0 spiro atoms. The Morgan fingerprint density at radius 1 is 1.10 bits per heavy atom. The monoisotopic (exact) mass is 411 g/mol. The first-order chi connectivity index (χ1) is 14.0. The van der Waals surface area contributed by atoms with Gasteiger partial charge in [0.05, 0.1) is 16.8 Å². The second kappa shape index (κ2) is 9.60. The number of anilines is 1. The van der Waals surface area contributed by atoms with Gasteiger partial charge in [-0.1, -0.05) is 49.0 Å². The number of carbonyl (C=O) groups excluding carboxylic acids is 2. The Kier molecular flexibility index (Phi) is 6.93. The molecule has 0 aliphatic heterocycles. The van der Waals surface area contributed by atoms with Crippen LogP contribution in [0.2, 0.25) is 0 Å². The number of rotatable bonds is 8. The van der Waals surface area contributed by atoms with Crippen LogP contribution in [-0.4, -0.2) is 33.8 Å². The Balaban J connectivity index is 1.54. The third kappa shape index (κ3) is 5.17. The molecule has 0 aliphatic rings. The minimum Gasteiger partial charge on any atom is -0.455 e. The van der Waals surface area contributed by atoms with E-state index < -0.39 is 5.97 Å². The second-order valence-electron chi connectivity index (χ2n) is 6.80. The lowest BCUT2D eigenvalue weighted by molar-refractivity contribution is -0.144. The molecule has 0 atom stereocenters. The van der Waals surface area contributed by atoms with Crippen molar-refractivity contribution >= 4 is 40.4 Å². The average molecular weight is 412 g/mol. The van der Waals surface area contributed by atoms with Crippen molar-refractivity contribution < 1.29 is 14.3 Å². The van der Waals surface area contributed by atoms with E-state index in [0.717, 1.165) is 46.0 Å². The lowest BCUT2D eigenvalue weighted by Gasteiger charge is -2.11. The van der Waals surface area contributed by atoms with Gasteiger partial charge in [0.2, 0.25) is 0 Å². The van der Waals surface area contributed by atoms with Crippen LogP contribution < -0.4 is 5.32 Å². The molecule has 0 aliphatic carbocycles. The predicted molar refractivity (Wildman–Crippen MR) is 116 cm³/mol. The van der Waals surface area contributed by atoms with Crippen LogP contribution in [0.3, 0.4) is 0 Å². The van der Waals surface area contributed by atoms with E-state index >= 15 is 0 Å². The summed E-state index contributed by atoms with van der Waals surface area (Å²) in [5.74, 6) is -0.690. The fraction of sp³-hybridized carbons (Fsp3) is 0.318. The Morgan fingerprint density at radius 3 is 2.55 bits per heavy atom. The number of imidazole rings is 1. The van der Waals surface area contributed by atoms with Crippen LogP contribution in [0.4, 0.5) is 5.69 Å². The highest BCUT2D eigenvalue weighted by atomic mass is 32.2. The van der Waals surface area contributed by atoms with Gasteiger partial charge in [0.15, 0.2) is 11.8 Å². The van der Waals surface area contributed by atoms with E-state index in [1.165, 1.54) is 11.8 Å². The zero-order chi connectivity index (χ0) is 20.8. The number of esters is 1. The molecule has 2 aromatic carbocycles. The Hall–Kier alpha value is -2.80. The molecular weight excluding hydrogens is 386 g/mol. The first-order valence-corrected chi connectivity index (χ1v) is 10.6. The van der Waals surface area contributed by atoms with Gasteiger partial charge < -0.3 is 14.6 Å². The summed E-state index contributed by atoms with van der Waals surface area (Å²) >= 11 is 1.33. The molecule has 152 valence electrons. The predicted octanol–water partition coefficient (Wildman–Crippen LogP) is 4.34. The van der Waals surface area contributed by atoms with Crippen molar-refractivity contribution in [2.45, 2.75) is 38.9 Å². The van der Waals surface area contributed by atoms with Crippen molar-refractivity contribution in [3.8, 4) is 0 Å². The molecule has 0 unspecified atom stereocenters. The molecule has 0 fully saturated rings. The highest BCUT2D eigenvalue weighted by Gasteiger charge is 2.14. The summed E-state index contributed by atoms with van der Waals surface area (Å²) in [4.78, 5) is 28.9. The summed E-state index contributed by atoms with van der Waals surface area (Å²) in [5.41, 5.74) is 4.66. The van der Waals surface area contributed by atoms with Gasteiger partial charge in [0.1, 0.15) is 0 Å². The molecule has 7 heteroatoms. The first-order valence-electron chi connectivity index (χ1n) is 9.59. The molecule has 1 amide bonds. The van der Waals surface area contributed by atoms with E-state index in [1.807, 2.05) is 56.3 Å². The van der Waals surface area contributed by atoms with Gasteiger partial charge in [-0.3, -0.25) is 9.59 Å². The number of aromatic nitrogens is 2. The zero-order valence-electron chi connectivity index (χ0n) is 16.9. The molecule has 1 aromatic heterocycles. The summed E-state index contributed by atoms with van der Waals surface area (Å²) in [5, 5.41) is 3.59. The fourth-order valence-electron chi connectivity index (χ4n) is 3.10. The van der Waals surface area contributed by atoms with E-state index in [-0.39, 0.29) is 18.3 Å². The van der Waals surface area contributed by atoms with Crippen molar-refractivity contribution in [1.29, 1.82) is 0 Å². The number of fused-ring (bicyclic) bond motifs is 1. The minimum atomic E-state index is -0.443. The van der Waals surface area contributed by atoms with Crippen molar-refractivity contribution in [3.05, 3.63) is 53.6 Å². The van der Waals surface area contributed by atoms with Gasteiger partial charge in [-0.05, 0) is 43.5 Å². The molecule has 0 saturated carbocycles. The number of ether oxygens (including phenoxy) is 1. The number of nitrogens with zero attached hydrogens (tertiary/aromatic N) is 2. The smallest absolute Gasteiger partial charge is 0.316 e. The van der Waals surface area contributed by atoms with Crippen molar-refractivity contribution in [3.63, 3.8) is 0 Å². The highest BCUT2D eigenvalue weighted by Crippen LogP contribution is 2.24. The first kappa shape index (κ1) is 20.9. The van der Waals surface area contributed by atoms with Crippen LogP contribution in [0.1, 0.15) is 24.5 Å². The molecule has 0 saturated heterocycles. The second-order valence-corrected chi connectivity index (χ2v) is 7.74. The molecule has 29 heavy (non-hydrogen) atoms. The lowest BCUT2D eigenvalue weighted by Crippen LogP contribution is -2.22. The fourth-order valence-corrected chi connectivity index (χ4v) is 3.94. The van der Waals surface area contributed by atoms with Crippen LogP contribution in [0.15, 0.2) is 47.6 Å². The van der Waals surface area contributed by atoms with Gasteiger partial charge in [0, 0.05) is 12.2 Å². The summed E-state index contributed by atoms with van der Waals surface area (Å²) in [6, 6.07) is 13.7. The SMILES string of the molecule is CCCn1c(SCC(=O)OCC(=O)Nc2c(C)cccc2C)nc2ccccc21. The van der Waals surface area contributed by atoms with E-state index in [4.69, 9.17) is 4.74 Å². The van der Waals surface area contributed by atoms with E-state index in [9.17, 15) is 9.59 Å². The number of thioether (sulfide) groups is 1. The number of hydrogen-bond donors (Lipinski definition) is 1. The summed E-state index contributed by atoms with van der Waals surface area (Å²) in [7, 11) is 0. The topological polar surface area (TPSA) is 73.2 Å². The molecule has 6 nitrogen and oxygen atoms in total.